The Bertz CT molecular complexity index is 1130. The Morgan fingerprint density at radius 3 is 2.45 bits per heavy atom. The number of para-hydroxylation sites is 1. The number of Topliss-reactive ketones (excluding diaryl/α,β-unsaturated/α-hetero) is 1. The summed E-state index contributed by atoms with van der Waals surface area (Å²) in [7, 11) is 0. The highest BCUT2D eigenvalue weighted by Gasteiger charge is 2.24. The van der Waals surface area contributed by atoms with Gasteiger partial charge in [-0.15, -0.1) is 0 Å². The van der Waals surface area contributed by atoms with Gasteiger partial charge in [-0.25, -0.2) is 0 Å². The average Bonchev–Trinajstić information content (AvgIpc) is 3.21. The van der Waals surface area contributed by atoms with Crippen LogP contribution in [0.5, 0.6) is 0 Å². The number of carbonyl (C=O) groups excluding carboxylic acids is 3. The van der Waals surface area contributed by atoms with E-state index in [0.717, 1.165) is 18.4 Å². The van der Waals surface area contributed by atoms with Crippen LogP contribution < -0.4 is 5.32 Å². The lowest BCUT2D eigenvalue weighted by Crippen LogP contribution is -2.42. The van der Waals surface area contributed by atoms with E-state index in [2.05, 4.69) is 5.32 Å². The number of aromatic nitrogens is 1. The molecule has 0 spiro atoms. The molecule has 2 heterocycles. The van der Waals surface area contributed by atoms with Crippen LogP contribution in [0.4, 0.5) is 0 Å². The van der Waals surface area contributed by atoms with Crippen molar-refractivity contribution in [3.63, 3.8) is 0 Å². The Kier molecular flexibility index (Phi) is 7.19. The van der Waals surface area contributed by atoms with Gasteiger partial charge in [0, 0.05) is 36.2 Å². The molecule has 7 nitrogen and oxygen atoms in total. The van der Waals surface area contributed by atoms with Crippen molar-refractivity contribution in [2.75, 3.05) is 26.3 Å². The number of benzene rings is 2. The van der Waals surface area contributed by atoms with Crippen molar-refractivity contribution in [3.05, 3.63) is 71.9 Å². The first-order valence-corrected chi connectivity index (χ1v) is 11.4. The number of fused-ring (bicyclic) bond motifs is 1. The standard InChI is InChI=1S/C26H29N3O4/c1-19(11-12-20-7-3-2-4-8-20)27-26(32)25(31)22-17-29(23-10-6-5-9-21(22)23)18-24(30)28-13-15-33-16-14-28/h2-10,17,19H,11-16,18H2,1H3,(H,27,32). The van der Waals surface area contributed by atoms with Gasteiger partial charge in [0.1, 0.15) is 6.54 Å². The lowest BCUT2D eigenvalue weighted by atomic mass is 10.1. The van der Waals surface area contributed by atoms with Gasteiger partial charge in [-0.05, 0) is 31.4 Å². The van der Waals surface area contributed by atoms with Gasteiger partial charge in [0.25, 0.3) is 11.7 Å². The van der Waals surface area contributed by atoms with Crippen LogP contribution in [-0.2, 0) is 27.3 Å². The van der Waals surface area contributed by atoms with Crippen molar-refractivity contribution in [2.24, 2.45) is 0 Å². The van der Waals surface area contributed by atoms with Crippen molar-refractivity contribution in [1.82, 2.24) is 14.8 Å². The first-order chi connectivity index (χ1) is 16.0. The van der Waals surface area contributed by atoms with Gasteiger partial charge >= 0.3 is 0 Å². The van der Waals surface area contributed by atoms with Gasteiger partial charge in [0.05, 0.1) is 18.8 Å². The number of carbonyl (C=O) groups is 3. The quantitative estimate of drug-likeness (QED) is 0.425. The highest BCUT2D eigenvalue weighted by Crippen LogP contribution is 2.22. The van der Waals surface area contributed by atoms with Gasteiger partial charge in [0.15, 0.2) is 0 Å². The molecule has 1 aliphatic rings. The second-order valence-electron chi connectivity index (χ2n) is 8.41. The Morgan fingerprint density at radius 1 is 1.00 bits per heavy atom. The highest BCUT2D eigenvalue weighted by atomic mass is 16.5. The molecule has 0 saturated carbocycles. The van der Waals surface area contributed by atoms with Crippen LogP contribution in [0, 0.1) is 0 Å². The van der Waals surface area contributed by atoms with E-state index in [9.17, 15) is 14.4 Å². The molecule has 1 aliphatic heterocycles. The number of nitrogens with zero attached hydrogens (tertiary/aromatic N) is 2. The summed E-state index contributed by atoms with van der Waals surface area (Å²) in [6.45, 7) is 4.20. The summed E-state index contributed by atoms with van der Waals surface area (Å²) in [4.78, 5) is 40.3. The zero-order valence-electron chi connectivity index (χ0n) is 18.8. The summed E-state index contributed by atoms with van der Waals surface area (Å²) < 4.78 is 7.07. The van der Waals surface area contributed by atoms with Gasteiger partial charge in [-0.1, -0.05) is 48.5 Å². The predicted molar refractivity (Wildman–Crippen MR) is 126 cm³/mol. The molecule has 1 unspecified atom stereocenters. The van der Waals surface area contributed by atoms with Crippen LogP contribution in [0.3, 0.4) is 0 Å². The largest absolute Gasteiger partial charge is 0.378 e. The van der Waals surface area contributed by atoms with Crippen LogP contribution in [0.25, 0.3) is 10.9 Å². The van der Waals surface area contributed by atoms with E-state index < -0.39 is 11.7 Å². The van der Waals surface area contributed by atoms with E-state index in [4.69, 9.17) is 4.74 Å². The molecule has 172 valence electrons. The number of hydrogen-bond donors (Lipinski definition) is 1. The number of rotatable bonds is 8. The first-order valence-electron chi connectivity index (χ1n) is 11.4. The number of ketones is 1. The lowest BCUT2D eigenvalue weighted by Gasteiger charge is -2.27. The van der Waals surface area contributed by atoms with Crippen molar-refractivity contribution in [3.8, 4) is 0 Å². The molecule has 0 bridgehead atoms. The maximum atomic E-state index is 13.0. The molecule has 1 N–H and O–H groups in total. The van der Waals surface area contributed by atoms with Crippen LogP contribution >= 0.6 is 0 Å². The number of amides is 2. The number of hydrogen-bond acceptors (Lipinski definition) is 4. The molecule has 2 aromatic carbocycles. The Hall–Kier alpha value is -3.45. The fourth-order valence-corrected chi connectivity index (χ4v) is 4.13. The molecule has 33 heavy (non-hydrogen) atoms. The zero-order chi connectivity index (χ0) is 23.2. The SMILES string of the molecule is CC(CCc1ccccc1)NC(=O)C(=O)c1cn(CC(=O)N2CCOCC2)c2ccccc12. The summed E-state index contributed by atoms with van der Waals surface area (Å²) >= 11 is 0. The number of aryl methyl sites for hydroxylation is 1. The van der Waals surface area contributed by atoms with Crippen LogP contribution in [0.1, 0.15) is 29.3 Å². The first kappa shape index (κ1) is 22.7. The van der Waals surface area contributed by atoms with Gasteiger partial charge in [0.2, 0.25) is 5.91 Å². The molecule has 3 aromatic rings. The summed E-state index contributed by atoms with van der Waals surface area (Å²) in [6, 6.07) is 17.3. The molecule has 1 atom stereocenters. The summed E-state index contributed by atoms with van der Waals surface area (Å²) in [5, 5.41) is 3.50. The van der Waals surface area contributed by atoms with E-state index >= 15 is 0 Å². The Morgan fingerprint density at radius 2 is 1.70 bits per heavy atom. The van der Waals surface area contributed by atoms with Crippen LogP contribution in [0.15, 0.2) is 60.8 Å². The molecule has 4 rings (SSSR count). The minimum Gasteiger partial charge on any atom is -0.378 e. The number of ether oxygens (including phenoxy) is 1. The molecule has 7 heteroatoms. The average molecular weight is 448 g/mol. The van der Waals surface area contributed by atoms with Gasteiger partial charge < -0.3 is 19.5 Å². The molecule has 2 amide bonds. The molecule has 0 radical (unpaired) electrons. The second kappa shape index (κ2) is 10.4. The van der Waals surface area contributed by atoms with E-state index in [1.54, 1.807) is 15.7 Å². The third kappa shape index (κ3) is 5.49. The molecular formula is C26H29N3O4. The number of morpholine rings is 1. The van der Waals surface area contributed by atoms with E-state index in [1.807, 2.05) is 61.5 Å². The Labute approximate surface area is 193 Å². The topological polar surface area (TPSA) is 80.6 Å². The highest BCUT2D eigenvalue weighted by molar-refractivity contribution is 6.45. The lowest BCUT2D eigenvalue weighted by molar-refractivity contribution is -0.135. The van der Waals surface area contributed by atoms with Crippen LogP contribution in [0.2, 0.25) is 0 Å². The zero-order valence-corrected chi connectivity index (χ0v) is 18.8. The molecule has 1 saturated heterocycles. The maximum Gasteiger partial charge on any atom is 0.292 e. The molecular weight excluding hydrogens is 418 g/mol. The summed E-state index contributed by atoms with van der Waals surface area (Å²) in [5.74, 6) is -1.25. The Balaban J connectivity index is 1.45. The fraction of sp³-hybridized carbons (Fsp3) is 0.346. The molecule has 1 aromatic heterocycles. The van der Waals surface area contributed by atoms with Gasteiger partial charge in [-0.3, -0.25) is 14.4 Å². The van der Waals surface area contributed by atoms with Crippen molar-refractivity contribution in [1.29, 1.82) is 0 Å². The third-order valence-electron chi connectivity index (χ3n) is 6.00. The van der Waals surface area contributed by atoms with E-state index in [-0.39, 0.29) is 18.5 Å². The minimum atomic E-state index is -0.627. The smallest absolute Gasteiger partial charge is 0.292 e. The van der Waals surface area contributed by atoms with Crippen molar-refractivity contribution >= 4 is 28.5 Å². The number of nitrogens with one attached hydrogen (secondary N) is 1. The van der Waals surface area contributed by atoms with E-state index in [1.165, 1.54) is 5.56 Å². The fourth-order valence-electron chi connectivity index (χ4n) is 4.13. The summed E-state index contributed by atoms with van der Waals surface area (Å²) in [5.41, 5.74) is 2.26. The van der Waals surface area contributed by atoms with E-state index in [0.29, 0.717) is 37.3 Å². The third-order valence-corrected chi connectivity index (χ3v) is 6.00. The molecule has 1 fully saturated rings. The monoisotopic (exact) mass is 447 g/mol. The second-order valence-corrected chi connectivity index (χ2v) is 8.41. The maximum absolute atomic E-state index is 13.0. The van der Waals surface area contributed by atoms with Gasteiger partial charge in [-0.2, -0.15) is 0 Å². The van der Waals surface area contributed by atoms with Crippen LogP contribution in [-0.4, -0.2) is 59.4 Å². The predicted octanol–water partition coefficient (Wildman–Crippen LogP) is 2.82. The minimum absolute atomic E-state index is 0.0305. The summed E-state index contributed by atoms with van der Waals surface area (Å²) in [6.07, 6.45) is 3.18. The molecule has 0 aliphatic carbocycles. The van der Waals surface area contributed by atoms with Crippen molar-refractivity contribution < 1.29 is 19.1 Å². The normalized spacial score (nSPS) is 14.8. The van der Waals surface area contributed by atoms with Crippen molar-refractivity contribution in [2.45, 2.75) is 32.4 Å².